The van der Waals surface area contributed by atoms with Gasteiger partial charge in [0.2, 0.25) is 10.0 Å². The fourth-order valence-electron chi connectivity index (χ4n) is 3.63. The van der Waals surface area contributed by atoms with E-state index in [1.165, 1.54) is 34.6 Å². The number of halogens is 2. The van der Waals surface area contributed by atoms with Crippen LogP contribution in [0.25, 0.3) is 11.3 Å². The number of benzene rings is 2. The number of thiazole rings is 1. The number of nitrogens with one attached hydrogen (secondary N) is 1. The number of anilines is 1. The Labute approximate surface area is 189 Å². The molecule has 1 N–H and O–H groups in total. The Hall–Kier alpha value is -2.69. The molecule has 0 spiro atoms. The fourth-order valence-corrected chi connectivity index (χ4v) is 6.05. The predicted molar refractivity (Wildman–Crippen MR) is 119 cm³/mol. The van der Waals surface area contributed by atoms with E-state index >= 15 is 0 Å². The molecule has 1 aliphatic heterocycles. The lowest BCUT2D eigenvalue weighted by Crippen LogP contribution is -2.41. The van der Waals surface area contributed by atoms with E-state index in [1.54, 1.807) is 5.38 Å². The molecule has 32 heavy (non-hydrogen) atoms. The molecule has 6 nitrogen and oxygen atoms in total. The standard InChI is InChI=1S/C22H21F2N3O3S2/c1-14-4-2-3-11-27(14)32(29,30)17-8-5-15(6-9-17)21(28)26-22-25-20(13-31-22)16-7-10-18(23)19(24)12-16/h5-10,12-14H,2-4,11H2,1H3,(H,25,26,28). The van der Waals surface area contributed by atoms with Crippen LogP contribution in [0.2, 0.25) is 0 Å². The highest BCUT2D eigenvalue weighted by molar-refractivity contribution is 7.89. The van der Waals surface area contributed by atoms with Gasteiger partial charge in [-0.25, -0.2) is 22.2 Å². The molecule has 3 aromatic rings. The normalized spacial score (nSPS) is 17.3. The van der Waals surface area contributed by atoms with Crippen molar-refractivity contribution < 1.29 is 22.0 Å². The third-order valence-corrected chi connectivity index (χ3v) is 8.19. The van der Waals surface area contributed by atoms with Crippen molar-refractivity contribution in [2.45, 2.75) is 37.1 Å². The molecular weight excluding hydrogens is 456 g/mol. The second kappa shape index (κ2) is 9.05. The Morgan fingerprint density at radius 1 is 1.12 bits per heavy atom. The number of carbonyl (C=O) groups excluding carboxylic acids is 1. The number of amides is 1. The molecule has 0 radical (unpaired) electrons. The number of nitrogens with zero attached hydrogens (tertiary/aromatic N) is 2. The third kappa shape index (κ3) is 4.57. The summed E-state index contributed by atoms with van der Waals surface area (Å²) in [6.45, 7) is 2.40. The van der Waals surface area contributed by atoms with Crippen LogP contribution in [0.1, 0.15) is 36.5 Å². The van der Waals surface area contributed by atoms with Crippen molar-refractivity contribution in [3.63, 3.8) is 0 Å². The van der Waals surface area contributed by atoms with Crippen molar-refractivity contribution in [3.05, 3.63) is 65.0 Å². The van der Waals surface area contributed by atoms with Crippen molar-refractivity contribution in [2.75, 3.05) is 11.9 Å². The first-order chi connectivity index (χ1) is 15.3. The lowest BCUT2D eigenvalue weighted by atomic mass is 10.1. The topological polar surface area (TPSA) is 79.4 Å². The van der Waals surface area contributed by atoms with Crippen molar-refractivity contribution in [1.82, 2.24) is 9.29 Å². The van der Waals surface area contributed by atoms with Crippen LogP contribution in [0.5, 0.6) is 0 Å². The number of carbonyl (C=O) groups is 1. The zero-order valence-corrected chi connectivity index (χ0v) is 18.8. The third-order valence-electron chi connectivity index (χ3n) is 5.41. The van der Waals surface area contributed by atoms with E-state index < -0.39 is 27.6 Å². The molecule has 1 aliphatic rings. The summed E-state index contributed by atoms with van der Waals surface area (Å²) in [5, 5.41) is 4.55. The van der Waals surface area contributed by atoms with E-state index in [-0.39, 0.29) is 21.6 Å². The highest BCUT2D eigenvalue weighted by atomic mass is 32.2. The van der Waals surface area contributed by atoms with E-state index in [2.05, 4.69) is 10.3 Å². The molecule has 0 saturated carbocycles. The van der Waals surface area contributed by atoms with E-state index in [4.69, 9.17) is 0 Å². The maximum absolute atomic E-state index is 13.4. The van der Waals surface area contributed by atoms with Crippen LogP contribution in [-0.2, 0) is 10.0 Å². The summed E-state index contributed by atoms with van der Waals surface area (Å²) in [5.74, 6) is -2.38. The van der Waals surface area contributed by atoms with E-state index in [1.807, 2.05) is 6.92 Å². The van der Waals surface area contributed by atoms with Gasteiger partial charge in [0.1, 0.15) is 0 Å². The van der Waals surface area contributed by atoms with Gasteiger partial charge in [-0.1, -0.05) is 6.42 Å². The average Bonchev–Trinajstić information content (AvgIpc) is 3.24. The smallest absolute Gasteiger partial charge is 0.257 e. The summed E-state index contributed by atoms with van der Waals surface area (Å²) in [6, 6.07) is 9.19. The summed E-state index contributed by atoms with van der Waals surface area (Å²) in [6.07, 6.45) is 2.69. The first-order valence-electron chi connectivity index (χ1n) is 10.1. The summed E-state index contributed by atoms with van der Waals surface area (Å²) < 4.78 is 53.9. The Morgan fingerprint density at radius 3 is 2.56 bits per heavy atom. The van der Waals surface area contributed by atoms with Gasteiger partial charge in [-0.3, -0.25) is 10.1 Å². The minimum absolute atomic E-state index is 0.0505. The van der Waals surface area contributed by atoms with Crippen molar-refractivity contribution in [3.8, 4) is 11.3 Å². The van der Waals surface area contributed by atoms with Gasteiger partial charge in [-0.2, -0.15) is 4.31 Å². The number of piperidine rings is 1. The SMILES string of the molecule is CC1CCCCN1S(=O)(=O)c1ccc(C(=O)Nc2nc(-c3ccc(F)c(F)c3)cs2)cc1. The largest absolute Gasteiger partial charge is 0.298 e. The van der Waals surface area contributed by atoms with Crippen LogP contribution < -0.4 is 5.32 Å². The molecule has 168 valence electrons. The molecule has 1 amide bonds. The van der Waals surface area contributed by atoms with Gasteiger partial charge in [-0.15, -0.1) is 11.3 Å². The van der Waals surface area contributed by atoms with Crippen LogP contribution in [0.3, 0.4) is 0 Å². The molecule has 2 aromatic carbocycles. The molecule has 1 aromatic heterocycles. The van der Waals surface area contributed by atoms with Crippen molar-refractivity contribution in [1.29, 1.82) is 0 Å². The molecule has 4 rings (SSSR count). The van der Waals surface area contributed by atoms with E-state index in [9.17, 15) is 22.0 Å². The molecule has 1 fully saturated rings. The average molecular weight is 478 g/mol. The zero-order chi connectivity index (χ0) is 22.9. The van der Waals surface area contributed by atoms with Crippen LogP contribution in [0.15, 0.2) is 52.7 Å². The predicted octanol–water partition coefficient (Wildman–Crippen LogP) is 4.90. The Morgan fingerprint density at radius 2 is 1.88 bits per heavy atom. The van der Waals surface area contributed by atoms with Crippen LogP contribution >= 0.6 is 11.3 Å². The van der Waals surface area contributed by atoms with Crippen molar-refractivity contribution >= 4 is 32.4 Å². The monoisotopic (exact) mass is 477 g/mol. The van der Waals surface area contributed by atoms with E-state index in [0.717, 1.165) is 42.7 Å². The van der Waals surface area contributed by atoms with Crippen LogP contribution in [-0.4, -0.2) is 36.2 Å². The highest BCUT2D eigenvalue weighted by Crippen LogP contribution is 2.27. The minimum atomic E-state index is -3.61. The van der Waals surface area contributed by atoms with Gasteiger partial charge in [-0.05, 0) is 62.2 Å². The van der Waals surface area contributed by atoms with Gasteiger partial charge in [0.25, 0.3) is 5.91 Å². The molecule has 1 unspecified atom stereocenters. The summed E-state index contributed by atoms with van der Waals surface area (Å²) in [5.41, 5.74) is 1.07. The Kier molecular flexibility index (Phi) is 6.36. The lowest BCUT2D eigenvalue weighted by molar-refractivity contribution is 0.102. The number of sulfonamides is 1. The Balaban J connectivity index is 1.46. The molecule has 0 bridgehead atoms. The molecular formula is C22H21F2N3O3S2. The lowest BCUT2D eigenvalue weighted by Gasteiger charge is -2.32. The summed E-state index contributed by atoms with van der Waals surface area (Å²) in [7, 11) is -3.61. The van der Waals surface area contributed by atoms with Crippen LogP contribution in [0.4, 0.5) is 13.9 Å². The summed E-state index contributed by atoms with van der Waals surface area (Å²) >= 11 is 1.14. The molecule has 0 aliphatic carbocycles. The maximum atomic E-state index is 13.4. The minimum Gasteiger partial charge on any atom is -0.298 e. The second-order valence-corrected chi connectivity index (χ2v) is 10.4. The van der Waals surface area contributed by atoms with Crippen molar-refractivity contribution in [2.24, 2.45) is 0 Å². The first kappa shape index (κ1) is 22.5. The van der Waals surface area contributed by atoms with Gasteiger partial charge >= 0.3 is 0 Å². The number of rotatable bonds is 5. The fraction of sp³-hybridized carbons (Fsp3) is 0.273. The number of aromatic nitrogens is 1. The molecule has 1 saturated heterocycles. The maximum Gasteiger partial charge on any atom is 0.257 e. The van der Waals surface area contributed by atoms with Gasteiger partial charge < -0.3 is 0 Å². The van der Waals surface area contributed by atoms with Gasteiger partial charge in [0.15, 0.2) is 16.8 Å². The summed E-state index contributed by atoms with van der Waals surface area (Å²) in [4.78, 5) is 16.9. The molecule has 1 atom stereocenters. The highest BCUT2D eigenvalue weighted by Gasteiger charge is 2.30. The number of hydrogen-bond donors (Lipinski definition) is 1. The van der Waals surface area contributed by atoms with E-state index in [0.29, 0.717) is 17.8 Å². The van der Waals surface area contributed by atoms with Crippen LogP contribution in [0, 0.1) is 11.6 Å². The zero-order valence-electron chi connectivity index (χ0n) is 17.2. The first-order valence-corrected chi connectivity index (χ1v) is 12.4. The molecule has 2 heterocycles. The number of hydrogen-bond acceptors (Lipinski definition) is 5. The van der Waals surface area contributed by atoms with Gasteiger partial charge in [0.05, 0.1) is 10.6 Å². The van der Waals surface area contributed by atoms with Gasteiger partial charge in [0, 0.05) is 29.1 Å². The second-order valence-electron chi connectivity index (χ2n) is 7.61. The quantitative estimate of drug-likeness (QED) is 0.567. The Bertz CT molecular complexity index is 1240. The molecule has 10 heteroatoms.